The van der Waals surface area contributed by atoms with Gasteiger partial charge in [0.25, 0.3) is 0 Å². The van der Waals surface area contributed by atoms with Crippen molar-refractivity contribution in [3.05, 3.63) is 28.7 Å². The van der Waals surface area contributed by atoms with Gasteiger partial charge in [0.05, 0.1) is 18.7 Å². The molecule has 1 aromatic heterocycles. The Kier molecular flexibility index (Phi) is 5.52. The van der Waals surface area contributed by atoms with Gasteiger partial charge in [-0.05, 0) is 31.7 Å². The first-order valence-corrected chi connectivity index (χ1v) is 7.92. The summed E-state index contributed by atoms with van der Waals surface area (Å²) in [6.45, 7) is 6.45. The van der Waals surface area contributed by atoms with Crippen LogP contribution in [0.5, 0.6) is 0 Å². The first-order valence-electron chi connectivity index (χ1n) is 7.10. The molecular weight excluding hydrogens is 288 g/mol. The second-order valence-electron chi connectivity index (χ2n) is 4.75. The molecule has 5 nitrogen and oxygen atoms in total. The van der Waals surface area contributed by atoms with Crippen LogP contribution in [0, 0.1) is 0 Å². The van der Waals surface area contributed by atoms with Crippen LogP contribution >= 0.6 is 11.3 Å². The van der Waals surface area contributed by atoms with Crippen LogP contribution in [0.3, 0.4) is 0 Å². The van der Waals surface area contributed by atoms with Gasteiger partial charge in [-0.3, -0.25) is 4.79 Å². The molecule has 0 fully saturated rings. The van der Waals surface area contributed by atoms with E-state index < -0.39 is 0 Å². The number of carbonyl (C=O) groups is 2. The summed E-state index contributed by atoms with van der Waals surface area (Å²) in [6, 6.07) is 0. The Hall–Kier alpha value is -1.66. The third-order valence-electron chi connectivity index (χ3n) is 3.23. The van der Waals surface area contributed by atoms with Crippen molar-refractivity contribution in [2.75, 3.05) is 25.0 Å². The molecule has 0 aliphatic heterocycles. The lowest BCUT2D eigenvalue weighted by Crippen LogP contribution is -2.28. The van der Waals surface area contributed by atoms with Crippen LogP contribution in [0.2, 0.25) is 0 Å². The van der Waals surface area contributed by atoms with E-state index in [9.17, 15) is 9.59 Å². The molecule has 0 atom stereocenters. The van der Waals surface area contributed by atoms with Crippen LogP contribution in [0.25, 0.3) is 0 Å². The molecule has 0 saturated heterocycles. The van der Waals surface area contributed by atoms with Gasteiger partial charge in [-0.1, -0.05) is 6.08 Å². The molecule has 1 amide bonds. The standard InChI is InChI=1S/C15H20N2O3S/c1-3-8-16-9-12(18)17-14-13(15(19)20-4-2)10-6-5-7-11(10)21-14/h3,16H,1,4-9H2,2H3,(H,17,18). The highest BCUT2D eigenvalue weighted by molar-refractivity contribution is 7.17. The molecule has 0 unspecified atom stereocenters. The van der Waals surface area contributed by atoms with E-state index in [0.717, 1.165) is 24.8 Å². The summed E-state index contributed by atoms with van der Waals surface area (Å²) in [5.41, 5.74) is 1.60. The number of thiophene rings is 1. The normalized spacial score (nSPS) is 12.8. The molecule has 2 N–H and O–H groups in total. The van der Waals surface area contributed by atoms with Gasteiger partial charge in [-0.25, -0.2) is 4.79 Å². The Labute approximate surface area is 128 Å². The lowest BCUT2D eigenvalue weighted by Gasteiger charge is -2.08. The summed E-state index contributed by atoms with van der Waals surface area (Å²) in [5, 5.41) is 6.37. The number of fused-ring (bicyclic) bond motifs is 1. The Morgan fingerprint density at radius 3 is 2.95 bits per heavy atom. The largest absolute Gasteiger partial charge is 0.462 e. The smallest absolute Gasteiger partial charge is 0.341 e. The summed E-state index contributed by atoms with van der Waals surface area (Å²) >= 11 is 1.49. The van der Waals surface area contributed by atoms with E-state index in [1.807, 2.05) is 0 Å². The third-order valence-corrected chi connectivity index (χ3v) is 4.44. The summed E-state index contributed by atoms with van der Waals surface area (Å²) in [4.78, 5) is 25.2. The Bertz CT molecular complexity index is 551. The number of amides is 1. The monoisotopic (exact) mass is 308 g/mol. The topological polar surface area (TPSA) is 67.4 Å². The fourth-order valence-electron chi connectivity index (χ4n) is 2.37. The molecule has 0 spiro atoms. The van der Waals surface area contributed by atoms with Crippen LogP contribution < -0.4 is 10.6 Å². The number of rotatable bonds is 7. The summed E-state index contributed by atoms with van der Waals surface area (Å²) < 4.78 is 5.12. The van der Waals surface area contributed by atoms with Gasteiger partial charge >= 0.3 is 5.97 Å². The third kappa shape index (κ3) is 3.71. The maximum absolute atomic E-state index is 12.1. The molecule has 114 valence electrons. The molecule has 1 aromatic rings. The predicted octanol–water partition coefficient (Wildman–Crippen LogP) is 2.13. The van der Waals surface area contributed by atoms with Gasteiger partial charge in [-0.2, -0.15) is 0 Å². The van der Waals surface area contributed by atoms with Gasteiger partial charge in [0, 0.05) is 11.4 Å². The fourth-order valence-corrected chi connectivity index (χ4v) is 3.66. The molecular formula is C15H20N2O3S. The fraction of sp³-hybridized carbons (Fsp3) is 0.467. The Morgan fingerprint density at radius 1 is 1.43 bits per heavy atom. The summed E-state index contributed by atoms with van der Waals surface area (Å²) in [6.07, 6.45) is 4.60. The highest BCUT2D eigenvalue weighted by Gasteiger charge is 2.28. The minimum Gasteiger partial charge on any atom is -0.462 e. The van der Waals surface area contributed by atoms with Crippen molar-refractivity contribution < 1.29 is 14.3 Å². The van der Waals surface area contributed by atoms with Crippen molar-refractivity contribution >= 4 is 28.2 Å². The molecule has 1 aliphatic carbocycles. The number of hydrogen-bond donors (Lipinski definition) is 2. The molecule has 1 aliphatic rings. The minimum atomic E-state index is -0.341. The second kappa shape index (κ2) is 7.38. The van der Waals surface area contributed by atoms with Gasteiger partial charge in [0.1, 0.15) is 5.00 Å². The van der Waals surface area contributed by atoms with Gasteiger partial charge in [0.2, 0.25) is 5.91 Å². The Morgan fingerprint density at radius 2 is 2.24 bits per heavy atom. The number of nitrogens with one attached hydrogen (secondary N) is 2. The summed E-state index contributed by atoms with van der Waals surface area (Å²) in [7, 11) is 0. The van der Waals surface area contributed by atoms with Crippen molar-refractivity contribution in [3.8, 4) is 0 Å². The number of hydrogen-bond acceptors (Lipinski definition) is 5. The first-order chi connectivity index (χ1) is 10.2. The van der Waals surface area contributed by atoms with Gasteiger partial charge < -0.3 is 15.4 Å². The Balaban J connectivity index is 2.13. The highest BCUT2D eigenvalue weighted by atomic mass is 32.1. The van der Waals surface area contributed by atoms with Crippen molar-refractivity contribution in [2.45, 2.75) is 26.2 Å². The van der Waals surface area contributed by atoms with Crippen LogP contribution in [0.4, 0.5) is 5.00 Å². The highest BCUT2D eigenvalue weighted by Crippen LogP contribution is 2.39. The average Bonchev–Trinajstić information content (AvgIpc) is 2.99. The SMILES string of the molecule is C=CCNCC(=O)Nc1sc2c(c1C(=O)OCC)CCC2. The van der Waals surface area contributed by atoms with E-state index >= 15 is 0 Å². The first kappa shape index (κ1) is 15.7. The van der Waals surface area contributed by atoms with Crippen molar-refractivity contribution in [1.82, 2.24) is 5.32 Å². The van der Waals surface area contributed by atoms with Crippen molar-refractivity contribution in [3.63, 3.8) is 0 Å². The molecule has 2 rings (SSSR count). The van der Waals surface area contributed by atoms with Crippen LogP contribution in [0.15, 0.2) is 12.7 Å². The zero-order chi connectivity index (χ0) is 15.2. The molecule has 21 heavy (non-hydrogen) atoms. The number of ether oxygens (including phenoxy) is 1. The van der Waals surface area contributed by atoms with E-state index in [2.05, 4.69) is 17.2 Å². The van der Waals surface area contributed by atoms with Gasteiger partial charge in [-0.15, -0.1) is 17.9 Å². The quantitative estimate of drug-likeness (QED) is 0.460. The molecule has 6 heteroatoms. The van der Waals surface area contributed by atoms with E-state index in [1.165, 1.54) is 16.2 Å². The zero-order valence-electron chi connectivity index (χ0n) is 12.2. The molecule has 0 bridgehead atoms. The van der Waals surface area contributed by atoms with Crippen LogP contribution in [-0.4, -0.2) is 31.6 Å². The maximum atomic E-state index is 12.1. The van der Waals surface area contributed by atoms with E-state index in [4.69, 9.17) is 4.74 Å². The van der Waals surface area contributed by atoms with E-state index in [0.29, 0.717) is 23.7 Å². The lowest BCUT2D eigenvalue weighted by atomic mass is 10.1. The molecule has 1 heterocycles. The van der Waals surface area contributed by atoms with E-state index in [-0.39, 0.29) is 18.4 Å². The maximum Gasteiger partial charge on any atom is 0.341 e. The van der Waals surface area contributed by atoms with Crippen molar-refractivity contribution in [2.24, 2.45) is 0 Å². The average molecular weight is 308 g/mol. The minimum absolute atomic E-state index is 0.165. The number of esters is 1. The van der Waals surface area contributed by atoms with Gasteiger partial charge in [0.15, 0.2) is 0 Å². The number of aryl methyl sites for hydroxylation is 1. The lowest BCUT2D eigenvalue weighted by molar-refractivity contribution is -0.115. The van der Waals surface area contributed by atoms with E-state index in [1.54, 1.807) is 13.0 Å². The van der Waals surface area contributed by atoms with Crippen LogP contribution in [0.1, 0.15) is 34.1 Å². The molecule has 0 radical (unpaired) electrons. The van der Waals surface area contributed by atoms with Crippen molar-refractivity contribution in [1.29, 1.82) is 0 Å². The summed E-state index contributed by atoms with van der Waals surface area (Å²) in [5.74, 6) is -0.506. The second-order valence-corrected chi connectivity index (χ2v) is 5.85. The molecule has 0 saturated carbocycles. The molecule has 0 aromatic carbocycles. The predicted molar refractivity (Wildman–Crippen MR) is 84.0 cm³/mol. The number of anilines is 1. The zero-order valence-corrected chi connectivity index (χ0v) is 13.0. The van der Waals surface area contributed by atoms with Crippen LogP contribution in [-0.2, 0) is 22.4 Å². The number of carbonyl (C=O) groups excluding carboxylic acids is 2.